The fourth-order valence-electron chi connectivity index (χ4n) is 3.63. The summed E-state index contributed by atoms with van der Waals surface area (Å²) in [5.41, 5.74) is 0.571. The molecule has 1 aliphatic heterocycles. The molecular formula is C20H30N6O. The van der Waals surface area contributed by atoms with Crippen molar-refractivity contribution in [3.05, 3.63) is 42.0 Å². The highest BCUT2D eigenvalue weighted by Gasteiger charge is 2.28. The van der Waals surface area contributed by atoms with Crippen LogP contribution in [0.2, 0.25) is 0 Å². The minimum absolute atomic E-state index is 0.0214. The monoisotopic (exact) mass is 370 g/mol. The van der Waals surface area contributed by atoms with E-state index >= 15 is 0 Å². The highest BCUT2D eigenvalue weighted by atomic mass is 16.2. The van der Waals surface area contributed by atoms with E-state index in [4.69, 9.17) is 0 Å². The maximum atomic E-state index is 12.9. The summed E-state index contributed by atoms with van der Waals surface area (Å²) in [5, 5.41) is 0. The Bertz CT molecular complexity index is 739. The van der Waals surface area contributed by atoms with Gasteiger partial charge in [-0.05, 0) is 39.9 Å². The van der Waals surface area contributed by atoms with Crippen LogP contribution in [-0.2, 0) is 13.0 Å². The van der Waals surface area contributed by atoms with E-state index in [1.807, 2.05) is 18.0 Å². The predicted octanol–water partition coefficient (Wildman–Crippen LogP) is 2.21. The minimum Gasteiger partial charge on any atom is -0.338 e. The van der Waals surface area contributed by atoms with Gasteiger partial charge in [-0.3, -0.25) is 4.79 Å². The Morgan fingerprint density at radius 3 is 2.74 bits per heavy atom. The van der Waals surface area contributed by atoms with Crippen LogP contribution in [-0.4, -0.2) is 69.0 Å². The average Bonchev–Trinajstić information content (AvgIpc) is 3.16. The topological polar surface area (TPSA) is 67.2 Å². The van der Waals surface area contributed by atoms with Gasteiger partial charge < -0.3 is 14.4 Å². The molecule has 2 aromatic heterocycles. The molecule has 0 aromatic carbocycles. The van der Waals surface area contributed by atoms with Gasteiger partial charge in [0.05, 0.1) is 5.56 Å². The molecule has 27 heavy (non-hydrogen) atoms. The molecular weight excluding hydrogens is 340 g/mol. The molecule has 0 radical (unpaired) electrons. The van der Waals surface area contributed by atoms with Crippen molar-refractivity contribution in [3.63, 3.8) is 0 Å². The molecule has 0 bridgehead atoms. The number of rotatable bonds is 7. The number of piperidine rings is 1. The van der Waals surface area contributed by atoms with Gasteiger partial charge in [0.2, 0.25) is 0 Å². The third-order valence-corrected chi connectivity index (χ3v) is 5.09. The maximum absolute atomic E-state index is 12.9. The van der Waals surface area contributed by atoms with Crippen molar-refractivity contribution in [2.75, 3.05) is 33.7 Å². The highest BCUT2D eigenvalue weighted by Crippen LogP contribution is 2.27. The van der Waals surface area contributed by atoms with Crippen LogP contribution in [0.5, 0.6) is 0 Å². The quantitative estimate of drug-likeness (QED) is 0.747. The second kappa shape index (κ2) is 9.08. The molecule has 1 atom stereocenters. The van der Waals surface area contributed by atoms with Crippen molar-refractivity contribution in [2.24, 2.45) is 0 Å². The van der Waals surface area contributed by atoms with E-state index in [2.05, 4.69) is 44.7 Å². The lowest BCUT2D eigenvalue weighted by molar-refractivity contribution is 0.0702. The number of carbonyl (C=O) groups is 1. The molecule has 3 heterocycles. The molecule has 3 rings (SSSR count). The molecule has 0 unspecified atom stereocenters. The maximum Gasteiger partial charge on any atom is 0.257 e. The molecule has 1 aliphatic rings. The summed E-state index contributed by atoms with van der Waals surface area (Å²) in [5.74, 6) is 2.17. The van der Waals surface area contributed by atoms with Crippen LogP contribution >= 0.6 is 0 Å². The number of imidazole rings is 1. The van der Waals surface area contributed by atoms with Gasteiger partial charge in [-0.2, -0.15) is 0 Å². The number of carbonyl (C=O) groups excluding carboxylic acids is 1. The van der Waals surface area contributed by atoms with Crippen LogP contribution in [0.4, 0.5) is 0 Å². The van der Waals surface area contributed by atoms with Gasteiger partial charge in [-0.15, -0.1) is 0 Å². The normalized spacial score (nSPS) is 17.5. The molecule has 1 amide bonds. The summed E-state index contributed by atoms with van der Waals surface area (Å²) in [6.45, 7) is 5.52. The van der Waals surface area contributed by atoms with Gasteiger partial charge in [-0.25, -0.2) is 15.0 Å². The fourth-order valence-corrected chi connectivity index (χ4v) is 3.63. The van der Waals surface area contributed by atoms with Crippen molar-refractivity contribution >= 4 is 5.91 Å². The molecule has 0 N–H and O–H groups in total. The molecule has 7 nitrogen and oxygen atoms in total. The number of aromatic nitrogens is 4. The summed E-state index contributed by atoms with van der Waals surface area (Å²) in [6, 6.07) is 0. The van der Waals surface area contributed by atoms with Crippen LogP contribution in [0, 0.1) is 0 Å². The first-order valence-electron chi connectivity index (χ1n) is 9.84. The molecule has 1 saturated heterocycles. The lowest BCUT2D eigenvalue weighted by Crippen LogP contribution is -2.40. The number of hydrogen-bond acceptors (Lipinski definition) is 5. The van der Waals surface area contributed by atoms with Crippen LogP contribution in [0.3, 0.4) is 0 Å². The molecule has 2 aromatic rings. The Morgan fingerprint density at radius 2 is 2.04 bits per heavy atom. The Morgan fingerprint density at radius 1 is 1.26 bits per heavy atom. The van der Waals surface area contributed by atoms with Gasteiger partial charge in [0.1, 0.15) is 11.6 Å². The van der Waals surface area contributed by atoms with E-state index in [9.17, 15) is 4.79 Å². The molecule has 0 aliphatic carbocycles. The predicted molar refractivity (Wildman–Crippen MR) is 105 cm³/mol. The zero-order valence-electron chi connectivity index (χ0n) is 16.6. The average molecular weight is 371 g/mol. The standard InChI is InChI=1S/C20H30N6O/c1-4-18-22-13-17(14-23-18)20(27)26-10-5-7-16(15-26)19-21-8-12-25(19)11-6-9-24(2)3/h8,12-14,16H,4-7,9-11,15H2,1-3H3/t16-/m1/s1. The van der Waals surface area contributed by atoms with Crippen molar-refractivity contribution in [2.45, 2.75) is 45.1 Å². The zero-order chi connectivity index (χ0) is 19.2. The summed E-state index contributed by atoms with van der Waals surface area (Å²) in [6.07, 6.45) is 11.2. The number of nitrogens with zero attached hydrogens (tertiary/aromatic N) is 6. The first kappa shape index (κ1) is 19.5. The number of hydrogen-bond donors (Lipinski definition) is 0. The van der Waals surface area contributed by atoms with Crippen LogP contribution in [0.15, 0.2) is 24.8 Å². The van der Waals surface area contributed by atoms with E-state index in [1.165, 1.54) is 0 Å². The molecule has 0 spiro atoms. The SMILES string of the molecule is CCc1ncc(C(=O)N2CCC[C@@H](c3nccn3CCCN(C)C)C2)cn1. The van der Waals surface area contributed by atoms with Gasteiger partial charge >= 0.3 is 0 Å². The van der Waals surface area contributed by atoms with Crippen LogP contribution in [0.1, 0.15) is 54.1 Å². The van der Waals surface area contributed by atoms with Crippen molar-refractivity contribution < 1.29 is 4.79 Å². The Balaban J connectivity index is 1.65. The number of likely N-dealkylation sites (tertiary alicyclic amines) is 1. The largest absolute Gasteiger partial charge is 0.338 e. The number of amides is 1. The van der Waals surface area contributed by atoms with Crippen molar-refractivity contribution in [3.8, 4) is 0 Å². The van der Waals surface area contributed by atoms with E-state index in [1.54, 1.807) is 12.4 Å². The highest BCUT2D eigenvalue weighted by molar-refractivity contribution is 5.93. The van der Waals surface area contributed by atoms with Gasteiger partial charge in [0.25, 0.3) is 5.91 Å². The van der Waals surface area contributed by atoms with E-state index < -0.39 is 0 Å². The van der Waals surface area contributed by atoms with Crippen molar-refractivity contribution in [1.29, 1.82) is 0 Å². The number of aryl methyl sites for hydroxylation is 2. The minimum atomic E-state index is 0.0214. The smallest absolute Gasteiger partial charge is 0.257 e. The Hall–Kier alpha value is -2.28. The summed E-state index contributed by atoms with van der Waals surface area (Å²) >= 11 is 0. The molecule has 1 fully saturated rings. The third kappa shape index (κ3) is 4.91. The zero-order valence-corrected chi connectivity index (χ0v) is 16.6. The Kier molecular flexibility index (Phi) is 6.55. The molecule has 146 valence electrons. The van der Waals surface area contributed by atoms with E-state index in [0.717, 1.165) is 57.0 Å². The van der Waals surface area contributed by atoms with Gasteiger partial charge in [-0.1, -0.05) is 6.92 Å². The first-order valence-corrected chi connectivity index (χ1v) is 9.84. The summed E-state index contributed by atoms with van der Waals surface area (Å²) < 4.78 is 2.25. The summed E-state index contributed by atoms with van der Waals surface area (Å²) in [4.78, 5) is 30.1. The second-order valence-electron chi connectivity index (χ2n) is 7.47. The third-order valence-electron chi connectivity index (χ3n) is 5.09. The van der Waals surface area contributed by atoms with E-state index in [-0.39, 0.29) is 11.8 Å². The van der Waals surface area contributed by atoms with Crippen LogP contribution < -0.4 is 0 Å². The molecule has 7 heteroatoms. The second-order valence-corrected chi connectivity index (χ2v) is 7.47. The van der Waals surface area contributed by atoms with Gasteiger partial charge in [0, 0.05) is 56.8 Å². The fraction of sp³-hybridized carbons (Fsp3) is 0.600. The first-order chi connectivity index (χ1) is 13.1. The van der Waals surface area contributed by atoms with Crippen molar-refractivity contribution in [1.82, 2.24) is 29.3 Å². The lowest BCUT2D eigenvalue weighted by atomic mass is 9.96. The Labute approximate surface area is 161 Å². The summed E-state index contributed by atoms with van der Waals surface area (Å²) in [7, 11) is 4.19. The van der Waals surface area contributed by atoms with E-state index in [0.29, 0.717) is 12.1 Å². The van der Waals surface area contributed by atoms with Crippen LogP contribution in [0.25, 0.3) is 0 Å². The van der Waals surface area contributed by atoms with Gasteiger partial charge in [0.15, 0.2) is 0 Å². The lowest BCUT2D eigenvalue weighted by Gasteiger charge is -2.32. The molecule has 0 saturated carbocycles.